The number of fused-ring (bicyclic) bond motifs is 1. The molecular formula is C12H16O2. The van der Waals surface area contributed by atoms with Gasteiger partial charge in [0.15, 0.2) is 0 Å². The minimum atomic E-state index is -0.345. The molecule has 2 rings (SSSR count). The quantitative estimate of drug-likeness (QED) is 0.596. The Kier molecular flexibility index (Phi) is 1.70. The van der Waals surface area contributed by atoms with Crippen LogP contribution >= 0.6 is 0 Å². The molecule has 76 valence electrons. The van der Waals surface area contributed by atoms with Gasteiger partial charge >= 0.3 is 0 Å². The molecule has 2 aliphatic carbocycles. The number of hydrogen-bond donors (Lipinski definition) is 0. The normalized spacial score (nSPS) is 47.9. The number of hydrogen-bond acceptors (Lipinski definition) is 2. The average Bonchev–Trinajstić information content (AvgIpc) is 2.41. The van der Waals surface area contributed by atoms with Gasteiger partial charge in [-0.2, -0.15) is 0 Å². The Bertz CT molecular complexity index is 353. The summed E-state index contributed by atoms with van der Waals surface area (Å²) in [6.07, 6.45) is 5.85. The molecule has 0 heterocycles. The van der Waals surface area contributed by atoms with E-state index >= 15 is 0 Å². The van der Waals surface area contributed by atoms with Gasteiger partial charge < -0.3 is 4.74 Å². The zero-order chi connectivity index (χ0) is 10.6. The largest absolute Gasteiger partial charge is 0.504 e. The van der Waals surface area contributed by atoms with Crippen molar-refractivity contribution in [1.82, 2.24) is 0 Å². The van der Waals surface area contributed by atoms with Gasteiger partial charge in [0.1, 0.15) is 5.78 Å². The number of carbonyl (C=O) groups is 1. The summed E-state index contributed by atoms with van der Waals surface area (Å²) in [5.41, 5.74) is 0.655. The molecule has 1 fully saturated rings. The van der Waals surface area contributed by atoms with Crippen molar-refractivity contribution in [2.24, 2.45) is 16.7 Å². The fourth-order valence-corrected chi connectivity index (χ4v) is 2.80. The van der Waals surface area contributed by atoms with Crippen molar-refractivity contribution >= 4 is 5.78 Å². The van der Waals surface area contributed by atoms with Crippen LogP contribution in [-0.2, 0) is 9.53 Å². The maximum Gasteiger partial charge on any atom is 0.147 e. The van der Waals surface area contributed by atoms with Crippen LogP contribution in [0, 0.1) is 16.7 Å². The highest BCUT2D eigenvalue weighted by molar-refractivity contribution is 6.00. The number of methoxy groups -OCH3 is 1. The van der Waals surface area contributed by atoms with Crippen molar-refractivity contribution in [3.05, 3.63) is 24.0 Å². The van der Waals surface area contributed by atoms with Crippen molar-refractivity contribution in [2.75, 3.05) is 7.11 Å². The highest BCUT2D eigenvalue weighted by atomic mass is 16.5. The SMILES string of the molecule is CO/C=C1\C=C[C@]2(C)[C@@H](C)C(=O)[C@]12C. The molecule has 0 aromatic carbocycles. The van der Waals surface area contributed by atoms with Gasteiger partial charge in [0, 0.05) is 16.9 Å². The van der Waals surface area contributed by atoms with Crippen LogP contribution in [0.25, 0.3) is 0 Å². The molecule has 0 amide bonds. The Morgan fingerprint density at radius 2 is 2.14 bits per heavy atom. The Morgan fingerprint density at radius 1 is 1.50 bits per heavy atom. The maximum atomic E-state index is 11.9. The van der Waals surface area contributed by atoms with Gasteiger partial charge in [0.2, 0.25) is 0 Å². The Labute approximate surface area is 84.6 Å². The van der Waals surface area contributed by atoms with E-state index in [1.165, 1.54) is 0 Å². The van der Waals surface area contributed by atoms with Crippen molar-refractivity contribution in [3.63, 3.8) is 0 Å². The molecule has 0 aromatic heterocycles. The number of ketones is 1. The molecule has 2 aliphatic rings. The van der Waals surface area contributed by atoms with Crippen LogP contribution in [0.5, 0.6) is 0 Å². The summed E-state index contributed by atoms with van der Waals surface area (Å²) in [6, 6.07) is 0. The smallest absolute Gasteiger partial charge is 0.147 e. The molecule has 0 spiro atoms. The van der Waals surface area contributed by atoms with E-state index in [1.807, 2.05) is 19.9 Å². The van der Waals surface area contributed by atoms with E-state index in [1.54, 1.807) is 13.4 Å². The fraction of sp³-hybridized carbons (Fsp3) is 0.583. The molecule has 0 aromatic rings. The molecule has 2 nitrogen and oxygen atoms in total. The van der Waals surface area contributed by atoms with E-state index in [9.17, 15) is 4.79 Å². The summed E-state index contributed by atoms with van der Waals surface area (Å²) >= 11 is 0. The first-order valence-electron chi connectivity index (χ1n) is 4.95. The molecule has 14 heavy (non-hydrogen) atoms. The lowest BCUT2D eigenvalue weighted by atomic mass is 9.45. The van der Waals surface area contributed by atoms with Crippen molar-refractivity contribution in [3.8, 4) is 0 Å². The topological polar surface area (TPSA) is 26.3 Å². The summed E-state index contributed by atoms with van der Waals surface area (Å²) in [4.78, 5) is 11.9. The number of ether oxygens (including phenoxy) is 1. The zero-order valence-electron chi connectivity index (χ0n) is 9.13. The molecule has 3 atom stereocenters. The van der Waals surface area contributed by atoms with Crippen molar-refractivity contribution in [1.29, 1.82) is 0 Å². The Balaban J connectivity index is 2.47. The number of Topliss-reactive ketones (excluding diaryl/α,β-unsaturated/α-hetero) is 1. The first-order chi connectivity index (χ1) is 6.48. The van der Waals surface area contributed by atoms with E-state index in [0.717, 1.165) is 5.57 Å². The van der Waals surface area contributed by atoms with Crippen molar-refractivity contribution < 1.29 is 9.53 Å². The van der Waals surface area contributed by atoms with Crippen LogP contribution in [0.3, 0.4) is 0 Å². The van der Waals surface area contributed by atoms with E-state index in [2.05, 4.69) is 13.0 Å². The van der Waals surface area contributed by atoms with Crippen LogP contribution in [0.15, 0.2) is 24.0 Å². The first-order valence-corrected chi connectivity index (χ1v) is 4.95. The van der Waals surface area contributed by atoms with Gasteiger partial charge in [0.25, 0.3) is 0 Å². The average molecular weight is 192 g/mol. The van der Waals surface area contributed by atoms with Crippen molar-refractivity contribution in [2.45, 2.75) is 20.8 Å². The molecule has 0 saturated heterocycles. The summed E-state index contributed by atoms with van der Waals surface area (Å²) < 4.78 is 5.01. The van der Waals surface area contributed by atoms with Crippen LogP contribution in [0.4, 0.5) is 0 Å². The summed E-state index contributed by atoms with van der Waals surface area (Å²) in [5.74, 6) is 0.458. The van der Waals surface area contributed by atoms with Gasteiger partial charge in [-0.25, -0.2) is 0 Å². The molecule has 0 bridgehead atoms. The molecule has 2 heteroatoms. The van der Waals surface area contributed by atoms with Crippen LogP contribution < -0.4 is 0 Å². The third-order valence-corrected chi connectivity index (χ3v) is 4.29. The monoisotopic (exact) mass is 192 g/mol. The second-order valence-electron chi connectivity index (χ2n) is 4.64. The summed E-state index contributed by atoms with van der Waals surface area (Å²) in [7, 11) is 1.62. The second kappa shape index (κ2) is 2.50. The number of rotatable bonds is 1. The lowest BCUT2D eigenvalue weighted by molar-refractivity contribution is -0.155. The van der Waals surface area contributed by atoms with Gasteiger partial charge in [-0.05, 0) is 6.92 Å². The highest BCUT2D eigenvalue weighted by Gasteiger charge is 2.67. The summed E-state index contributed by atoms with van der Waals surface area (Å²) in [5, 5.41) is 0. The highest BCUT2D eigenvalue weighted by Crippen LogP contribution is 2.65. The maximum absolute atomic E-state index is 11.9. The standard InChI is InChI=1S/C12H16O2/c1-8-10(13)12(3)9(7-14-4)5-6-11(8,12)2/h5-8H,1-4H3/b9-7+/t8-,11+,12-/m0/s1. The van der Waals surface area contributed by atoms with Gasteiger partial charge in [-0.3, -0.25) is 4.79 Å². The molecule has 0 radical (unpaired) electrons. The van der Waals surface area contributed by atoms with Crippen LogP contribution in [-0.4, -0.2) is 12.9 Å². The number of carbonyl (C=O) groups excluding carboxylic acids is 1. The third kappa shape index (κ3) is 0.715. The Hall–Kier alpha value is -1.05. The number of allylic oxidation sites excluding steroid dienone is 3. The van der Waals surface area contributed by atoms with E-state index < -0.39 is 0 Å². The summed E-state index contributed by atoms with van der Waals surface area (Å²) in [6.45, 7) is 6.16. The lowest BCUT2D eigenvalue weighted by Gasteiger charge is -2.55. The van der Waals surface area contributed by atoms with E-state index in [-0.39, 0.29) is 16.7 Å². The van der Waals surface area contributed by atoms with Crippen LogP contribution in [0.1, 0.15) is 20.8 Å². The third-order valence-electron chi connectivity index (χ3n) is 4.29. The zero-order valence-corrected chi connectivity index (χ0v) is 9.13. The molecule has 0 aliphatic heterocycles. The second-order valence-corrected chi connectivity index (χ2v) is 4.64. The van der Waals surface area contributed by atoms with E-state index in [0.29, 0.717) is 5.78 Å². The minimum absolute atomic E-state index is 0.00551. The van der Waals surface area contributed by atoms with Gasteiger partial charge in [-0.1, -0.05) is 26.0 Å². The molecule has 0 unspecified atom stereocenters. The van der Waals surface area contributed by atoms with Gasteiger partial charge in [0.05, 0.1) is 18.8 Å². The fourth-order valence-electron chi connectivity index (χ4n) is 2.80. The molecular weight excluding hydrogens is 176 g/mol. The molecule has 0 N–H and O–H groups in total. The predicted octanol–water partition coefficient (Wildman–Crippen LogP) is 2.32. The predicted molar refractivity (Wildman–Crippen MR) is 54.6 cm³/mol. The van der Waals surface area contributed by atoms with E-state index in [4.69, 9.17) is 4.74 Å². The minimum Gasteiger partial charge on any atom is -0.504 e. The first kappa shape index (κ1) is 9.50. The Morgan fingerprint density at radius 3 is 2.71 bits per heavy atom. The van der Waals surface area contributed by atoms with Crippen LogP contribution in [0.2, 0.25) is 0 Å². The molecule has 1 saturated carbocycles. The van der Waals surface area contributed by atoms with Gasteiger partial charge in [-0.15, -0.1) is 0 Å². The lowest BCUT2D eigenvalue weighted by Crippen LogP contribution is -2.60.